The van der Waals surface area contributed by atoms with Gasteiger partial charge in [-0.05, 0) is 47.5 Å². The minimum absolute atomic E-state index is 0.0231. The number of benzene rings is 3. The number of alkyl halides is 3. The maximum absolute atomic E-state index is 12.9. The lowest BCUT2D eigenvalue weighted by Crippen LogP contribution is -2.48. The van der Waals surface area contributed by atoms with Crippen molar-refractivity contribution in [1.82, 2.24) is 9.80 Å². The number of piperazine rings is 1. The van der Waals surface area contributed by atoms with Crippen molar-refractivity contribution < 1.29 is 22.7 Å². The Hall–Kier alpha value is -3.32. The van der Waals surface area contributed by atoms with Crippen molar-refractivity contribution >= 4 is 5.91 Å². The smallest absolute Gasteiger partial charge is 0.416 e. The average molecular weight is 469 g/mol. The summed E-state index contributed by atoms with van der Waals surface area (Å²) in [7, 11) is 0. The van der Waals surface area contributed by atoms with E-state index in [-0.39, 0.29) is 5.91 Å². The quantitative estimate of drug-likeness (QED) is 0.473. The van der Waals surface area contributed by atoms with Gasteiger partial charge in [0.2, 0.25) is 0 Å². The normalized spacial score (nSPS) is 14.7. The number of halogens is 3. The van der Waals surface area contributed by atoms with E-state index < -0.39 is 11.7 Å². The van der Waals surface area contributed by atoms with E-state index in [0.717, 1.165) is 29.9 Å². The van der Waals surface area contributed by atoms with E-state index in [1.807, 2.05) is 35.2 Å². The molecule has 4 rings (SSSR count). The highest BCUT2D eigenvalue weighted by molar-refractivity contribution is 5.94. The largest absolute Gasteiger partial charge is 0.493 e. The maximum Gasteiger partial charge on any atom is 0.416 e. The van der Waals surface area contributed by atoms with Gasteiger partial charge in [-0.25, -0.2) is 0 Å². The van der Waals surface area contributed by atoms with Gasteiger partial charge in [-0.3, -0.25) is 9.69 Å². The molecular weight excluding hydrogens is 441 g/mol. The molecule has 0 aromatic heterocycles. The van der Waals surface area contributed by atoms with Gasteiger partial charge in [0.05, 0.1) is 12.2 Å². The average Bonchev–Trinajstić information content (AvgIpc) is 2.85. The van der Waals surface area contributed by atoms with Crippen LogP contribution in [0.2, 0.25) is 0 Å². The number of hydrogen-bond acceptors (Lipinski definition) is 3. The topological polar surface area (TPSA) is 32.8 Å². The molecule has 0 saturated carbocycles. The summed E-state index contributed by atoms with van der Waals surface area (Å²) in [6.45, 7) is 3.64. The molecule has 1 aliphatic rings. The van der Waals surface area contributed by atoms with Gasteiger partial charge in [0.15, 0.2) is 0 Å². The molecule has 34 heavy (non-hydrogen) atoms. The molecule has 1 amide bonds. The first-order chi connectivity index (χ1) is 16.4. The molecular formula is C27H27F3N2O2. The summed E-state index contributed by atoms with van der Waals surface area (Å²) in [5.74, 6) is 0.707. The lowest BCUT2D eigenvalue weighted by molar-refractivity contribution is -0.137. The highest BCUT2D eigenvalue weighted by Crippen LogP contribution is 2.29. The molecule has 0 unspecified atom stereocenters. The summed E-state index contributed by atoms with van der Waals surface area (Å²) in [6, 6.07) is 22.6. The van der Waals surface area contributed by atoms with Crippen LogP contribution in [0.3, 0.4) is 0 Å². The predicted molar refractivity (Wildman–Crippen MR) is 125 cm³/mol. The van der Waals surface area contributed by atoms with Crippen LogP contribution in [0.4, 0.5) is 13.2 Å². The van der Waals surface area contributed by atoms with Gasteiger partial charge in [-0.1, -0.05) is 42.5 Å². The van der Waals surface area contributed by atoms with Crippen molar-refractivity contribution in [2.75, 3.05) is 32.8 Å². The highest BCUT2D eigenvalue weighted by atomic mass is 19.4. The Bertz CT molecular complexity index is 1060. The fraction of sp³-hybridized carbons (Fsp3) is 0.296. The van der Waals surface area contributed by atoms with Crippen molar-refractivity contribution in [3.63, 3.8) is 0 Å². The molecule has 3 aromatic carbocycles. The van der Waals surface area contributed by atoms with E-state index in [9.17, 15) is 18.0 Å². The standard InChI is InChI=1S/C27H27F3N2O2/c28-27(29,30)24-10-6-22(7-11-24)20-31-15-17-32(18-16-31)26(33)23-8-12-25(13-9-23)34-19-14-21-4-2-1-3-5-21/h1-13H,14-20H2. The van der Waals surface area contributed by atoms with Crippen molar-refractivity contribution in [2.45, 2.75) is 19.1 Å². The zero-order valence-electron chi connectivity index (χ0n) is 18.8. The third kappa shape index (κ3) is 6.38. The Balaban J connectivity index is 1.23. The highest BCUT2D eigenvalue weighted by Gasteiger charge is 2.30. The Morgan fingerprint density at radius 1 is 0.794 bits per heavy atom. The fourth-order valence-corrected chi connectivity index (χ4v) is 3.97. The number of rotatable bonds is 7. The lowest BCUT2D eigenvalue weighted by Gasteiger charge is -2.34. The van der Waals surface area contributed by atoms with Crippen LogP contribution in [0.15, 0.2) is 78.9 Å². The zero-order valence-corrected chi connectivity index (χ0v) is 18.8. The second-order valence-corrected chi connectivity index (χ2v) is 8.37. The van der Waals surface area contributed by atoms with Crippen LogP contribution < -0.4 is 4.74 Å². The molecule has 0 aliphatic carbocycles. The molecule has 1 heterocycles. The van der Waals surface area contributed by atoms with Crippen LogP contribution in [0, 0.1) is 0 Å². The van der Waals surface area contributed by atoms with Gasteiger partial charge in [0.25, 0.3) is 5.91 Å². The summed E-state index contributed by atoms with van der Waals surface area (Å²) < 4.78 is 44.0. The summed E-state index contributed by atoms with van der Waals surface area (Å²) in [5, 5.41) is 0. The molecule has 1 fully saturated rings. The van der Waals surface area contributed by atoms with E-state index in [4.69, 9.17) is 4.74 Å². The molecule has 0 bridgehead atoms. The van der Waals surface area contributed by atoms with Crippen LogP contribution in [0.1, 0.15) is 27.0 Å². The second kappa shape index (κ2) is 10.7. The van der Waals surface area contributed by atoms with Gasteiger partial charge in [-0.2, -0.15) is 13.2 Å². The van der Waals surface area contributed by atoms with Crippen molar-refractivity contribution in [1.29, 1.82) is 0 Å². The molecule has 7 heteroatoms. The number of nitrogens with zero attached hydrogens (tertiary/aromatic N) is 2. The summed E-state index contributed by atoms with van der Waals surface area (Å²) in [4.78, 5) is 16.8. The van der Waals surface area contributed by atoms with Gasteiger partial charge in [0.1, 0.15) is 5.75 Å². The Kier molecular flexibility index (Phi) is 7.53. The number of ether oxygens (including phenoxy) is 1. The molecule has 0 atom stereocenters. The van der Waals surface area contributed by atoms with Crippen LogP contribution in [-0.2, 0) is 19.1 Å². The summed E-state index contributed by atoms with van der Waals surface area (Å²) >= 11 is 0. The number of amides is 1. The van der Waals surface area contributed by atoms with Gasteiger partial charge < -0.3 is 9.64 Å². The van der Waals surface area contributed by atoms with E-state index in [2.05, 4.69) is 17.0 Å². The van der Waals surface area contributed by atoms with Crippen LogP contribution in [0.25, 0.3) is 0 Å². The van der Waals surface area contributed by atoms with Crippen LogP contribution in [0.5, 0.6) is 5.75 Å². The molecule has 4 nitrogen and oxygen atoms in total. The summed E-state index contributed by atoms with van der Waals surface area (Å²) in [6.07, 6.45) is -3.50. The van der Waals surface area contributed by atoms with Crippen molar-refractivity contribution in [3.8, 4) is 5.75 Å². The lowest BCUT2D eigenvalue weighted by atomic mass is 10.1. The van der Waals surface area contributed by atoms with E-state index in [1.54, 1.807) is 12.1 Å². The number of carbonyl (C=O) groups is 1. The first-order valence-electron chi connectivity index (χ1n) is 11.3. The summed E-state index contributed by atoms with van der Waals surface area (Å²) in [5.41, 5.74) is 2.02. The molecule has 0 radical (unpaired) electrons. The van der Waals surface area contributed by atoms with Gasteiger partial charge in [-0.15, -0.1) is 0 Å². The van der Waals surface area contributed by atoms with Crippen molar-refractivity contribution in [3.05, 3.63) is 101 Å². The molecule has 3 aromatic rings. The maximum atomic E-state index is 12.9. The third-order valence-electron chi connectivity index (χ3n) is 5.95. The molecule has 0 spiro atoms. The Morgan fingerprint density at radius 2 is 1.44 bits per heavy atom. The number of carbonyl (C=O) groups excluding carboxylic acids is 1. The second-order valence-electron chi connectivity index (χ2n) is 8.37. The van der Waals surface area contributed by atoms with E-state index in [1.165, 1.54) is 17.7 Å². The fourth-order valence-electron chi connectivity index (χ4n) is 3.97. The monoisotopic (exact) mass is 468 g/mol. The van der Waals surface area contributed by atoms with Crippen LogP contribution in [-0.4, -0.2) is 48.5 Å². The van der Waals surface area contributed by atoms with E-state index in [0.29, 0.717) is 44.9 Å². The predicted octanol–water partition coefficient (Wildman–Crippen LogP) is 5.28. The Labute approximate surface area is 197 Å². The minimum atomic E-state index is -4.32. The van der Waals surface area contributed by atoms with Crippen molar-refractivity contribution in [2.24, 2.45) is 0 Å². The zero-order chi connectivity index (χ0) is 24.0. The molecule has 0 N–H and O–H groups in total. The first-order valence-corrected chi connectivity index (χ1v) is 11.3. The minimum Gasteiger partial charge on any atom is -0.493 e. The van der Waals surface area contributed by atoms with Gasteiger partial charge >= 0.3 is 6.18 Å². The SMILES string of the molecule is O=C(c1ccc(OCCc2ccccc2)cc1)N1CCN(Cc2ccc(C(F)(F)F)cc2)CC1. The molecule has 178 valence electrons. The molecule has 1 aliphatic heterocycles. The van der Waals surface area contributed by atoms with Crippen LogP contribution >= 0.6 is 0 Å². The Morgan fingerprint density at radius 3 is 2.06 bits per heavy atom. The third-order valence-corrected chi connectivity index (χ3v) is 5.95. The van der Waals surface area contributed by atoms with E-state index >= 15 is 0 Å². The van der Waals surface area contributed by atoms with Gasteiger partial charge in [0, 0.05) is 44.7 Å². The number of hydrogen-bond donors (Lipinski definition) is 0. The first kappa shape index (κ1) is 23.8. The molecule has 1 saturated heterocycles.